The average Bonchev–Trinajstić information content (AvgIpc) is 3.36. The van der Waals surface area contributed by atoms with E-state index in [0.717, 1.165) is 22.6 Å². The standard InChI is InChI=1S/C25H26N8O2/c1-15-32-22(21-23(33-15)31-14-30-21)25(17-4-9-20(35-3)28-13-17)10-16(12-29-24(25)26)11-27-18-5-7-19(34-2)8-6-18/h4-10,12-14,24,27H,11,26H2,1-3H3,(H,30,31,32,33). The van der Waals surface area contributed by atoms with E-state index in [0.29, 0.717) is 35.1 Å². The molecule has 1 aromatic carbocycles. The first-order chi connectivity index (χ1) is 17.0. The number of aromatic amines is 1. The molecular weight excluding hydrogens is 444 g/mol. The lowest BCUT2D eigenvalue weighted by Crippen LogP contribution is -2.47. The molecule has 0 saturated heterocycles. The molecule has 1 aliphatic heterocycles. The second kappa shape index (κ2) is 9.15. The third kappa shape index (κ3) is 4.08. The average molecular weight is 471 g/mol. The normalized spacial score (nSPS) is 19.4. The number of aromatic nitrogens is 5. The van der Waals surface area contributed by atoms with Gasteiger partial charge in [0.25, 0.3) is 0 Å². The van der Waals surface area contributed by atoms with E-state index in [1.165, 1.54) is 0 Å². The molecule has 178 valence electrons. The van der Waals surface area contributed by atoms with Crippen molar-refractivity contribution in [1.29, 1.82) is 0 Å². The van der Waals surface area contributed by atoms with E-state index in [1.807, 2.05) is 43.3 Å². The fraction of sp³-hybridized carbons (Fsp3) is 0.240. The fourth-order valence-electron chi connectivity index (χ4n) is 4.30. The van der Waals surface area contributed by atoms with Crippen LogP contribution >= 0.6 is 0 Å². The van der Waals surface area contributed by atoms with Gasteiger partial charge in [-0.25, -0.2) is 19.9 Å². The minimum Gasteiger partial charge on any atom is -0.497 e. The van der Waals surface area contributed by atoms with E-state index in [-0.39, 0.29) is 0 Å². The number of anilines is 1. The molecule has 2 unspecified atom stereocenters. The van der Waals surface area contributed by atoms with E-state index in [9.17, 15) is 0 Å². The second-order valence-corrected chi connectivity index (χ2v) is 8.20. The van der Waals surface area contributed by atoms with E-state index in [2.05, 4.69) is 31.3 Å². The molecule has 0 amide bonds. The van der Waals surface area contributed by atoms with Gasteiger partial charge in [0.15, 0.2) is 5.65 Å². The second-order valence-electron chi connectivity index (χ2n) is 8.20. The van der Waals surface area contributed by atoms with Crippen LogP contribution in [0.3, 0.4) is 0 Å². The largest absolute Gasteiger partial charge is 0.497 e. The zero-order valence-electron chi connectivity index (χ0n) is 19.7. The Hall–Kier alpha value is -4.31. The molecule has 10 nitrogen and oxygen atoms in total. The summed E-state index contributed by atoms with van der Waals surface area (Å²) in [5.74, 6) is 1.90. The van der Waals surface area contributed by atoms with Gasteiger partial charge >= 0.3 is 0 Å². The highest BCUT2D eigenvalue weighted by atomic mass is 16.5. The van der Waals surface area contributed by atoms with Gasteiger partial charge in [0.05, 0.1) is 31.7 Å². The monoisotopic (exact) mass is 470 g/mol. The highest BCUT2D eigenvalue weighted by Gasteiger charge is 2.44. The van der Waals surface area contributed by atoms with Gasteiger partial charge in [0, 0.05) is 30.7 Å². The molecule has 0 spiro atoms. The SMILES string of the molecule is COc1ccc(NCC2=CC(c3ccc(OC)nc3)(c3nc(C)nc4nc[nH]c34)C(N)N=C2)cc1. The van der Waals surface area contributed by atoms with Gasteiger partial charge in [-0.15, -0.1) is 0 Å². The van der Waals surface area contributed by atoms with Gasteiger partial charge in [-0.05, 0) is 42.3 Å². The molecule has 0 saturated carbocycles. The Morgan fingerprint density at radius 3 is 2.60 bits per heavy atom. The zero-order chi connectivity index (χ0) is 24.4. The van der Waals surface area contributed by atoms with Gasteiger partial charge in [-0.1, -0.05) is 12.1 Å². The molecule has 4 aromatic rings. The first kappa shape index (κ1) is 22.5. The number of pyridine rings is 1. The summed E-state index contributed by atoms with van der Waals surface area (Å²) >= 11 is 0. The highest BCUT2D eigenvalue weighted by molar-refractivity contribution is 5.84. The lowest BCUT2D eigenvalue weighted by Gasteiger charge is -2.37. The summed E-state index contributed by atoms with van der Waals surface area (Å²) in [7, 11) is 3.23. The number of dihydropyridines is 1. The number of aliphatic imine (C=N–C) groups is 1. The molecule has 0 bridgehead atoms. The number of nitrogens with one attached hydrogen (secondary N) is 2. The smallest absolute Gasteiger partial charge is 0.212 e. The van der Waals surface area contributed by atoms with Crippen LogP contribution in [0.15, 0.2) is 65.6 Å². The number of fused-ring (bicyclic) bond motifs is 1. The van der Waals surface area contributed by atoms with Crippen LogP contribution in [-0.2, 0) is 5.41 Å². The lowest BCUT2D eigenvalue weighted by atomic mass is 9.72. The summed E-state index contributed by atoms with van der Waals surface area (Å²) in [6.07, 6.45) is 6.62. The van der Waals surface area contributed by atoms with Gasteiger partial charge < -0.3 is 25.5 Å². The maximum absolute atomic E-state index is 6.73. The molecule has 2 atom stereocenters. The number of nitrogens with two attached hydrogens (primary N) is 1. The number of rotatable bonds is 7. The Kier molecular flexibility index (Phi) is 5.87. The van der Waals surface area contributed by atoms with Crippen molar-refractivity contribution in [2.24, 2.45) is 10.7 Å². The molecule has 4 heterocycles. The van der Waals surface area contributed by atoms with Crippen molar-refractivity contribution in [2.75, 3.05) is 26.1 Å². The Labute approximate surface area is 202 Å². The molecule has 5 rings (SSSR count). The number of H-pyrrole nitrogens is 1. The van der Waals surface area contributed by atoms with E-state index < -0.39 is 11.6 Å². The maximum Gasteiger partial charge on any atom is 0.212 e. The van der Waals surface area contributed by atoms with Crippen molar-refractivity contribution in [1.82, 2.24) is 24.9 Å². The van der Waals surface area contributed by atoms with Crippen molar-refractivity contribution in [3.63, 3.8) is 0 Å². The van der Waals surface area contributed by atoms with Crippen LogP contribution in [0.25, 0.3) is 11.2 Å². The summed E-state index contributed by atoms with van der Waals surface area (Å²) in [6.45, 7) is 2.37. The van der Waals surface area contributed by atoms with Crippen LogP contribution in [0, 0.1) is 6.92 Å². The molecule has 10 heteroatoms. The third-order valence-electron chi connectivity index (χ3n) is 6.08. The van der Waals surface area contributed by atoms with Crippen molar-refractivity contribution in [3.05, 3.63) is 77.7 Å². The van der Waals surface area contributed by atoms with Gasteiger partial charge in [0.1, 0.15) is 23.3 Å². The van der Waals surface area contributed by atoms with Gasteiger partial charge in [-0.3, -0.25) is 4.99 Å². The summed E-state index contributed by atoms with van der Waals surface area (Å²) < 4.78 is 10.5. The van der Waals surface area contributed by atoms with E-state index >= 15 is 0 Å². The van der Waals surface area contributed by atoms with Crippen LogP contribution in [0.2, 0.25) is 0 Å². The predicted octanol–water partition coefficient (Wildman–Crippen LogP) is 2.77. The zero-order valence-corrected chi connectivity index (χ0v) is 19.7. The van der Waals surface area contributed by atoms with E-state index in [1.54, 1.807) is 33.0 Å². The molecule has 0 fully saturated rings. The minimum absolute atomic E-state index is 0.507. The number of hydrogen-bond acceptors (Lipinski definition) is 9. The fourth-order valence-corrected chi connectivity index (χ4v) is 4.30. The first-order valence-electron chi connectivity index (χ1n) is 11.1. The summed E-state index contributed by atoms with van der Waals surface area (Å²) in [5, 5.41) is 3.44. The Morgan fingerprint density at radius 2 is 1.89 bits per heavy atom. The number of nitrogens with zero attached hydrogens (tertiary/aromatic N) is 5. The topological polar surface area (TPSA) is 136 Å². The minimum atomic E-state index is -0.913. The molecule has 35 heavy (non-hydrogen) atoms. The number of hydrogen-bond donors (Lipinski definition) is 3. The molecule has 0 aliphatic carbocycles. The lowest BCUT2D eigenvalue weighted by molar-refractivity contribution is 0.396. The Morgan fingerprint density at radius 1 is 1.06 bits per heavy atom. The van der Waals surface area contributed by atoms with Crippen LogP contribution in [-0.4, -0.2) is 58.1 Å². The molecule has 1 aliphatic rings. The predicted molar refractivity (Wildman–Crippen MR) is 134 cm³/mol. The maximum atomic E-state index is 6.73. The number of benzene rings is 1. The van der Waals surface area contributed by atoms with Crippen LogP contribution in [0.1, 0.15) is 17.1 Å². The summed E-state index contributed by atoms with van der Waals surface area (Å²) in [6, 6.07) is 11.5. The van der Waals surface area contributed by atoms with Crippen molar-refractivity contribution in [2.45, 2.75) is 18.5 Å². The quantitative estimate of drug-likeness (QED) is 0.375. The van der Waals surface area contributed by atoms with Crippen molar-refractivity contribution in [3.8, 4) is 11.6 Å². The van der Waals surface area contributed by atoms with Crippen LogP contribution in [0.4, 0.5) is 5.69 Å². The summed E-state index contributed by atoms with van der Waals surface area (Å²) in [5.41, 5.74) is 10.5. The molecule has 3 aromatic heterocycles. The van der Waals surface area contributed by atoms with Crippen LogP contribution < -0.4 is 20.5 Å². The van der Waals surface area contributed by atoms with Gasteiger partial charge in [-0.2, -0.15) is 0 Å². The Bertz CT molecular complexity index is 1400. The Balaban J connectivity index is 1.62. The van der Waals surface area contributed by atoms with Crippen molar-refractivity contribution >= 4 is 23.1 Å². The molecular formula is C25H26N8O2. The van der Waals surface area contributed by atoms with Crippen molar-refractivity contribution < 1.29 is 9.47 Å². The molecule has 0 radical (unpaired) electrons. The number of methoxy groups -OCH3 is 2. The summed E-state index contributed by atoms with van der Waals surface area (Å²) in [4.78, 5) is 26.0. The third-order valence-corrected chi connectivity index (χ3v) is 6.08. The van der Waals surface area contributed by atoms with Crippen LogP contribution in [0.5, 0.6) is 11.6 Å². The first-order valence-corrected chi connectivity index (χ1v) is 11.1. The van der Waals surface area contributed by atoms with Gasteiger partial charge in [0.2, 0.25) is 5.88 Å². The highest BCUT2D eigenvalue weighted by Crippen LogP contribution is 2.41. The number of ether oxygens (including phenoxy) is 2. The number of aryl methyl sites for hydroxylation is 1. The number of imidazole rings is 1. The molecule has 4 N–H and O–H groups in total. The van der Waals surface area contributed by atoms with E-state index in [4.69, 9.17) is 25.2 Å².